The van der Waals surface area contributed by atoms with Gasteiger partial charge in [0.15, 0.2) is 0 Å². The van der Waals surface area contributed by atoms with Gasteiger partial charge in [-0.05, 0) is 32.0 Å². The molecule has 1 heterocycles. The quantitative estimate of drug-likeness (QED) is 0.902. The molecule has 5 heteroatoms. The Hall–Kier alpha value is -1.72. The van der Waals surface area contributed by atoms with Gasteiger partial charge in [0.25, 0.3) is 0 Å². The number of anilines is 1. The van der Waals surface area contributed by atoms with Crippen molar-refractivity contribution < 1.29 is 5.11 Å². The highest BCUT2D eigenvalue weighted by molar-refractivity contribution is 5.87. The minimum absolute atomic E-state index is 0.190. The van der Waals surface area contributed by atoms with Crippen molar-refractivity contribution in [3.63, 3.8) is 0 Å². The summed E-state index contributed by atoms with van der Waals surface area (Å²) in [6.07, 6.45) is 3.95. The summed E-state index contributed by atoms with van der Waals surface area (Å²) < 4.78 is 0. The first-order valence-electron chi connectivity index (χ1n) is 7.54. The van der Waals surface area contributed by atoms with E-state index in [1.165, 1.54) is 6.42 Å². The molecule has 2 atom stereocenters. The van der Waals surface area contributed by atoms with E-state index in [1.807, 2.05) is 31.3 Å². The fourth-order valence-electron chi connectivity index (χ4n) is 3.17. The average Bonchev–Trinajstić information content (AvgIpc) is 2.47. The van der Waals surface area contributed by atoms with Gasteiger partial charge in [-0.3, -0.25) is 4.90 Å². The molecule has 0 spiro atoms. The molecule has 1 aliphatic carbocycles. The molecule has 112 valence electrons. The Morgan fingerprint density at radius 3 is 2.81 bits per heavy atom. The standard InChI is InChI=1S/C16H22N4O/c1-20(13-8-4-5-9-14(13)21)10-15-18-12-7-3-2-6-11(12)16(17)19-15/h2-3,6-7,13-14,21H,4-5,8-10H2,1H3,(H2,17,18,19). The van der Waals surface area contributed by atoms with Gasteiger partial charge in [-0.25, -0.2) is 9.97 Å². The molecule has 5 nitrogen and oxygen atoms in total. The molecule has 1 fully saturated rings. The van der Waals surface area contributed by atoms with E-state index in [2.05, 4.69) is 14.9 Å². The van der Waals surface area contributed by atoms with Crippen LogP contribution >= 0.6 is 0 Å². The summed E-state index contributed by atoms with van der Waals surface area (Å²) in [6, 6.07) is 7.96. The maximum Gasteiger partial charge on any atom is 0.145 e. The highest BCUT2D eigenvalue weighted by Crippen LogP contribution is 2.24. The highest BCUT2D eigenvalue weighted by atomic mass is 16.3. The van der Waals surface area contributed by atoms with Crippen LogP contribution in [0.15, 0.2) is 24.3 Å². The second kappa shape index (κ2) is 5.95. The number of nitrogens with two attached hydrogens (primary N) is 1. The molecule has 2 aromatic rings. The summed E-state index contributed by atoms with van der Waals surface area (Å²) in [5.74, 6) is 1.24. The van der Waals surface area contributed by atoms with E-state index < -0.39 is 0 Å². The van der Waals surface area contributed by atoms with Crippen molar-refractivity contribution in [3.05, 3.63) is 30.1 Å². The number of hydrogen-bond acceptors (Lipinski definition) is 5. The van der Waals surface area contributed by atoms with Crippen molar-refractivity contribution in [1.82, 2.24) is 14.9 Å². The molecule has 3 rings (SSSR count). The van der Waals surface area contributed by atoms with Crippen LogP contribution in [-0.4, -0.2) is 39.2 Å². The summed E-state index contributed by atoms with van der Waals surface area (Å²) in [7, 11) is 2.02. The molecule has 3 N–H and O–H groups in total. The minimum atomic E-state index is -0.249. The topological polar surface area (TPSA) is 75.3 Å². The predicted octanol–water partition coefficient (Wildman–Crippen LogP) is 1.95. The second-order valence-corrected chi connectivity index (χ2v) is 5.88. The van der Waals surface area contributed by atoms with E-state index in [4.69, 9.17) is 5.73 Å². The number of aromatic nitrogens is 2. The van der Waals surface area contributed by atoms with Crippen molar-refractivity contribution in [3.8, 4) is 0 Å². The molecule has 1 aromatic heterocycles. The fourth-order valence-corrected chi connectivity index (χ4v) is 3.17. The Labute approximate surface area is 124 Å². The third-order valence-electron chi connectivity index (χ3n) is 4.33. The molecule has 1 aromatic carbocycles. The van der Waals surface area contributed by atoms with E-state index in [0.29, 0.717) is 18.2 Å². The van der Waals surface area contributed by atoms with Crippen LogP contribution < -0.4 is 5.73 Å². The first-order chi connectivity index (χ1) is 10.1. The molecule has 0 amide bonds. The number of fused-ring (bicyclic) bond motifs is 1. The van der Waals surface area contributed by atoms with Crippen LogP contribution in [0.25, 0.3) is 10.9 Å². The van der Waals surface area contributed by atoms with Gasteiger partial charge >= 0.3 is 0 Å². The van der Waals surface area contributed by atoms with Crippen LogP contribution in [0, 0.1) is 0 Å². The second-order valence-electron chi connectivity index (χ2n) is 5.88. The summed E-state index contributed by atoms with van der Waals surface area (Å²) in [5.41, 5.74) is 6.89. The SMILES string of the molecule is CN(Cc1nc(N)c2ccccc2n1)C1CCCCC1O. The van der Waals surface area contributed by atoms with Gasteiger partial charge < -0.3 is 10.8 Å². The van der Waals surface area contributed by atoms with Crippen molar-refractivity contribution >= 4 is 16.7 Å². The largest absolute Gasteiger partial charge is 0.391 e. The van der Waals surface area contributed by atoms with E-state index in [9.17, 15) is 5.11 Å². The van der Waals surface area contributed by atoms with Gasteiger partial charge in [0, 0.05) is 11.4 Å². The van der Waals surface area contributed by atoms with Crippen LogP contribution in [0.3, 0.4) is 0 Å². The molecule has 0 saturated heterocycles. The number of aliphatic hydroxyl groups is 1. The van der Waals surface area contributed by atoms with Gasteiger partial charge in [0.1, 0.15) is 11.6 Å². The van der Waals surface area contributed by atoms with Gasteiger partial charge in [-0.1, -0.05) is 25.0 Å². The highest BCUT2D eigenvalue weighted by Gasteiger charge is 2.27. The fraction of sp³-hybridized carbons (Fsp3) is 0.500. The Kier molecular flexibility index (Phi) is 4.03. The summed E-state index contributed by atoms with van der Waals surface area (Å²) in [5, 5.41) is 11.0. The summed E-state index contributed by atoms with van der Waals surface area (Å²) >= 11 is 0. The normalized spacial score (nSPS) is 22.8. The predicted molar refractivity (Wildman–Crippen MR) is 83.7 cm³/mol. The number of benzene rings is 1. The van der Waals surface area contributed by atoms with Crippen LogP contribution in [0.1, 0.15) is 31.5 Å². The molecule has 0 radical (unpaired) electrons. The van der Waals surface area contributed by atoms with Gasteiger partial charge in [-0.2, -0.15) is 0 Å². The summed E-state index contributed by atoms with van der Waals surface area (Å²) in [6.45, 7) is 0.608. The molecule has 0 aliphatic heterocycles. The zero-order valence-corrected chi connectivity index (χ0v) is 12.4. The van der Waals surface area contributed by atoms with E-state index >= 15 is 0 Å². The van der Waals surface area contributed by atoms with Crippen LogP contribution in [0.5, 0.6) is 0 Å². The molecular weight excluding hydrogens is 264 g/mol. The number of likely N-dealkylation sites (N-methyl/N-ethyl adjacent to an activating group) is 1. The van der Waals surface area contributed by atoms with Crippen molar-refractivity contribution in [1.29, 1.82) is 0 Å². The third-order valence-corrected chi connectivity index (χ3v) is 4.33. The lowest BCUT2D eigenvalue weighted by Crippen LogP contribution is -2.43. The number of nitrogens with zero attached hydrogens (tertiary/aromatic N) is 3. The first kappa shape index (κ1) is 14.2. The smallest absolute Gasteiger partial charge is 0.145 e. The third kappa shape index (κ3) is 2.99. The Morgan fingerprint density at radius 1 is 1.24 bits per heavy atom. The van der Waals surface area contributed by atoms with Crippen molar-refractivity contribution in [2.24, 2.45) is 0 Å². The number of aliphatic hydroxyl groups excluding tert-OH is 1. The number of rotatable bonds is 3. The Balaban J connectivity index is 1.81. The lowest BCUT2D eigenvalue weighted by atomic mass is 9.91. The molecule has 21 heavy (non-hydrogen) atoms. The van der Waals surface area contributed by atoms with Crippen molar-refractivity contribution in [2.45, 2.75) is 44.4 Å². The van der Waals surface area contributed by atoms with Crippen LogP contribution in [0.2, 0.25) is 0 Å². The van der Waals surface area contributed by atoms with Gasteiger partial charge in [0.05, 0.1) is 18.2 Å². The lowest BCUT2D eigenvalue weighted by Gasteiger charge is -2.34. The Morgan fingerprint density at radius 2 is 2.00 bits per heavy atom. The molecular formula is C16H22N4O. The number of nitrogen functional groups attached to an aromatic ring is 1. The van der Waals surface area contributed by atoms with E-state index in [0.717, 1.165) is 30.2 Å². The number of hydrogen-bond donors (Lipinski definition) is 2. The summed E-state index contributed by atoms with van der Waals surface area (Å²) in [4.78, 5) is 11.1. The van der Waals surface area contributed by atoms with Crippen LogP contribution in [0.4, 0.5) is 5.82 Å². The zero-order valence-electron chi connectivity index (χ0n) is 12.4. The maximum atomic E-state index is 10.1. The van der Waals surface area contributed by atoms with Crippen molar-refractivity contribution in [2.75, 3.05) is 12.8 Å². The molecule has 0 bridgehead atoms. The molecule has 1 aliphatic rings. The van der Waals surface area contributed by atoms with Crippen LogP contribution in [-0.2, 0) is 6.54 Å². The zero-order chi connectivity index (χ0) is 14.8. The monoisotopic (exact) mass is 286 g/mol. The Bertz CT molecular complexity index is 631. The van der Waals surface area contributed by atoms with E-state index in [-0.39, 0.29) is 12.1 Å². The average molecular weight is 286 g/mol. The van der Waals surface area contributed by atoms with Gasteiger partial charge in [-0.15, -0.1) is 0 Å². The first-order valence-corrected chi connectivity index (χ1v) is 7.54. The lowest BCUT2D eigenvalue weighted by molar-refractivity contribution is 0.0279. The van der Waals surface area contributed by atoms with Gasteiger partial charge in [0.2, 0.25) is 0 Å². The molecule has 1 saturated carbocycles. The van der Waals surface area contributed by atoms with E-state index in [1.54, 1.807) is 0 Å². The molecule has 2 unspecified atom stereocenters. The maximum absolute atomic E-state index is 10.1. The number of para-hydroxylation sites is 1. The minimum Gasteiger partial charge on any atom is -0.391 e.